The number of aliphatic hydroxyl groups excluding tert-OH is 5. The highest BCUT2D eigenvalue weighted by Gasteiger charge is 2.33. The van der Waals surface area contributed by atoms with Crippen molar-refractivity contribution in [3.63, 3.8) is 0 Å². The van der Waals surface area contributed by atoms with Crippen LogP contribution in [0.1, 0.15) is 0 Å². The quantitative estimate of drug-likeness (QED) is 0.137. The van der Waals surface area contributed by atoms with E-state index in [1.807, 2.05) is 0 Å². The smallest absolute Gasteiger partial charge is 0.265 e. The summed E-state index contributed by atoms with van der Waals surface area (Å²) in [5.41, 5.74) is 1.55. The lowest BCUT2D eigenvalue weighted by Gasteiger charge is -2.24. The molecule has 8 heteroatoms. The first-order valence-electron chi connectivity index (χ1n) is 3.79. The number of rotatable bonds is 5. The third-order valence-corrected chi connectivity index (χ3v) is 1.67. The van der Waals surface area contributed by atoms with Crippen molar-refractivity contribution in [1.29, 1.82) is 0 Å². The summed E-state index contributed by atoms with van der Waals surface area (Å²) < 4.78 is 0. The Morgan fingerprint density at radius 3 is 2.07 bits per heavy atom. The average Bonchev–Trinajstić information content (AvgIpc) is 2.23. The van der Waals surface area contributed by atoms with Crippen molar-refractivity contribution in [2.75, 3.05) is 6.61 Å². The van der Waals surface area contributed by atoms with Gasteiger partial charge in [-0.25, -0.2) is 5.84 Å². The Bertz CT molecular complexity index is 189. The monoisotopic (exact) mass is 210 g/mol. The predicted octanol–water partition coefficient (Wildman–Crippen LogP) is -4.59. The number of carbonyl (C=O) groups excluding carboxylic acids is 1. The second-order valence-corrected chi connectivity index (χ2v) is 2.68. The Kier molecular flexibility index (Phi) is 5.53. The van der Waals surface area contributed by atoms with E-state index in [9.17, 15) is 4.79 Å². The molecule has 1 amide bonds. The lowest BCUT2D eigenvalue weighted by atomic mass is 10.0. The minimum Gasteiger partial charge on any atom is -0.394 e. The van der Waals surface area contributed by atoms with E-state index in [0.29, 0.717) is 0 Å². The fourth-order valence-electron chi connectivity index (χ4n) is 0.763. The van der Waals surface area contributed by atoms with Gasteiger partial charge in [0.25, 0.3) is 5.91 Å². The standard InChI is InChI=1S/C6H14N2O6/c7-8-6(14)5(13)4(12)3(11)2(10)1-9/h2-5,9-13H,1,7H2,(H,8,14)/t2-,3-,4-,5+/m1/s1. The number of nitrogens with two attached hydrogens (primary N) is 1. The van der Waals surface area contributed by atoms with Gasteiger partial charge >= 0.3 is 0 Å². The summed E-state index contributed by atoms with van der Waals surface area (Å²) in [5, 5.41) is 44.4. The van der Waals surface area contributed by atoms with Crippen LogP contribution in [0.5, 0.6) is 0 Å². The van der Waals surface area contributed by atoms with Crippen molar-refractivity contribution in [2.24, 2.45) is 5.84 Å². The summed E-state index contributed by atoms with van der Waals surface area (Å²) in [6, 6.07) is 0. The van der Waals surface area contributed by atoms with Gasteiger partial charge in [0.1, 0.15) is 18.3 Å². The molecule has 0 aliphatic heterocycles. The van der Waals surface area contributed by atoms with E-state index < -0.39 is 36.9 Å². The Morgan fingerprint density at radius 2 is 1.71 bits per heavy atom. The molecule has 0 aromatic carbocycles. The van der Waals surface area contributed by atoms with Crippen LogP contribution in [0.4, 0.5) is 0 Å². The molecule has 0 saturated heterocycles. The molecule has 84 valence electrons. The second kappa shape index (κ2) is 5.86. The van der Waals surface area contributed by atoms with Crippen LogP contribution in [-0.2, 0) is 4.79 Å². The highest BCUT2D eigenvalue weighted by atomic mass is 16.4. The number of nitrogens with one attached hydrogen (secondary N) is 1. The van der Waals surface area contributed by atoms with Gasteiger partial charge in [0.15, 0.2) is 6.10 Å². The third-order valence-electron chi connectivity index (χ3n) is 1.67. The fourth-order valence-corrected chi connectivity index (χ4v) is 0.763. The molecule has 14 heavy (non-hydrogen) atoms. The summed E-state index contributed by atoms with van der Waals surface area (Å²) in [6.45, 7) is -0.810. The van der Waals surface area contributed by atoms with Crippen LogP contribution in [0.25, 0.3) is 0 Å². The molecule has 0 unspecified atom stereocenters. The third kappa shape index (κ3) is 3.18. The first-order valence-corrected chi connectivity index (χ1v) is 3.79. The number of aliphatic hydroxyl groups is 5. The van der Waals surface area contributed by atoms with Gasteiger partial charge in [-0.1, -0.05) is 0 Å². The number of hydrazine groups is 1. The molecule has 0 heterocycles. The molecule has 8 nitrogen and oxygen atoms in total. The van der Waals surface area contributed by atoms with E-state index in [1.54, 1.807) is 5.43 Å². The Hall–Kier alpha value is -0.770. The van der Waals surface area contributed by atoms with E-state index in [4.69, 9.17) is 25.5 Å². The molecule has 8 N–H and O–H groups in total. The molecular formula is C6H14N2O6. The maximum absolute atomic E-state index is 10.7. The molecule has 0 aromatic rings. The molecule has 0 rings (SSSR count). The van der Waals surface area contributed by atoms with Crippen molar-refractivity contribution in [1.82, 2.24) is 5.43 Å². The Morgan fingerprint density at radius 1 is 1.21 bits per heavy atom. The first kappa shape index (κ1) is 13.2. The van der Waals surface area contributed by atoms with Crippen LogP contribution < -0.4 is 11.3 Å². The maximum atomic E-state index is 10.7. The largest absolute Gasteiger partial charge is 0.394 e. The van der Waals surface area contributed by atoms with E-state index in [1.165, 1.54) is 0 Å². The van der Waals surface area contributed by atoms with Crippen molar-refractivity contribution < 1.29 is 30.3 Å². The van der Waals surface area contributed by atoms with E-state index in [0.717, 1.165) is 0 Å². The SMILES string of the molecule is NNC(=O)[C@@H](O)[C@H](O)[C@H](O)[C@H](O)CO. The summed E-state index contributed by atoms with van der Waals surface area (Å²) in [5.74, 6) is 3.55. The minimum atomic E-state index is -1.98. The molecule has 0 radical (unpaired) electrons. The maximum Gasteiger partial charge on any atom is 0.265 e. The van der Waals surface area contributed by atoms with E-state index >= 15 is 0 Å². The lowest BCUT2D eigenvalue weighted by molar-refractivity contribution is -0.148. The predicted molar refractivity (Wildman–Crippen MR) is 43.4 cm³/mol. The lowest BCUT2D eigenvalue weighted by Crippen LogP contribution is -2.52. The van der Waals surface area contributed by atoms with Crippen LogP contribution in [0, 0.1) is 0 Å². The van der Waals surface area contributed by atoms with Gasteiger partial charge < -0.3 is 25.5 Å². The van der Waals surface area contributed by atoms with Crippen molar-refractivity contribution >= 4 is 5.91 Å². The molecule has 4 atom stereocenters. The Balaban J connectivity index is 4.30. The molecule has 0 aliphatic carbocycles. The first-order chi connectivity index (χ1) is 6.45. The second-order valence-electron chi connectivity index (χ2n) is 2.68. The zero-order valence-corrected chi connectivity index (χ0v) is 7.24. The number of amides is 1. The van der Waals surface area contributed by atoms with Gasteiger partial charge in [0, 0.05) is 0 Å². The van der Waals surface area contributed by atoms with Gasteiger partial charge in [-0.3, -0.25) is 10.2 Å². The summed E-state index contributed by atoms with van der Waals surface area (Å²) in [7, 11) is 0. The number of carbonyl (C=O) groups is 1. The van der Waals surface area contributed by atoms with Gasteiger partial charge in [0.05, 0.1) is 6.61 Å². The highest BCUT2D eigenvalue weighted by Crippen LogP contribution is 2.04. The average molecular weight is 210 g/mol. The molecule has 0 aliphatic rings. The highest BCUT2D eigenvalue weighted by molar-refractivity contribution is 5.80. The van der Waals surface area contributed by atoms with Crippen LogP contribution in [-0.4, -0.2) is 62.5 Å². The van der Waals surface area contributed by atoms with Gasteiger partial charge in [0.2, 0.25) is 0 Å². The van der Waals surface area contributed by atoms with E-state index in [2.05, 4.69) is 5.84 Å². The minimum absolute atomic E-state index is 0.810. The van der Waals surface area contributed by atoms with E-state index in [-0.39, 0.29) is 0 Å². The Labute approximate surface area is 79.6 Å². The molecule has 0 fully saturated rings. The van der Waals surface area contributed by atoms with Crippen molar-refractivity contribution in [3.05, 3.63) is 0 Å². The number of hydrogen-bond acceptors (Lipinski definition) is 7. The topological polar surface area (TPSA) is 156 Å². The summed E-state index contributed by atoms with van der Waals surface area (Å²) >= 11 is 0. The van der Waals surface area contributed by atoms with Gasteiger partial charge in [-0.2, -0.15) is 0 Å². The van der Waals surface area contributed by atoms with Crippen molar-refractivity contribution in [2.45, 2.75) is 24.4 Å². The van der Waals surface area contributed by atoms with Crippen LogP contribution in [0.15, 0.2) is 0 Å². The normalized spacial score (nSPS) is 19.6. The fraction of sp³-hybridized carbons (Fsp3) is 0.833. The molecular weight excluding hydrogens is 196 g/mol. The summed E-state index contributed by atoms with van der Waals surface area (Å²) in [6.07, 6.45) is -7.39. The van der Waals surface area contributed by atoms with Crippen LogP contribution in [0.2, 0.25) is 0 Å². The van der Waals surface area contributed by atoms with Crippen LogP contribution in [0.3, 0.4) is 0 Å². The zero-order chi connectivity index (χ0) is 11.3. The molecule has 0 spiro atoms. The molecule has 0 saturated carbocycles. The van der Waals surface area contributed by atoms with Gasteiger partial charge in [-0.15, -0.1) is 0 Å². The number of hydrogen-bond donors (Lipinski definition) is 7. The van der Waals surface area contributed by atoms with Gasteiger partial charge in [-0.05, 0) is 0 Å². The summed E-state index contributed by atoms with van der Waals surface area (Å²) in [4.78, 5) is 10.7. The zero-order valence-electron chi connectivity index (χ0n) is 7.24. The van der Waals surface area contributed by atoms with Crippen LogP contribution >= 0.6 is 0 Å². The molecule has 0 aromatic heterocycles. The van der Waals surface area contributed by atoms with Crippen molar-refractivity contribution in [3.8, 4) is 0 Å². The molecule has 0 bridgehead atoms.